The molecule has 94 valence electrons. The normalized spacial score (nSPS) is 10.7. The summed E-state index contributed by atoms with van der Waals surface area (Å²) in [5, 5.41) is 0. The Balaban J connectivity index is 2.21. The molecule has 1 aromatic carbocycles. The lowest BCUT2D eigenvalue weighted by Crippen LogP contribution is -2.02. The standard InChI is InChI=1S/C13H9BrF2OS/c1-7-2-12(18-13(7)14)11(17)5-8-3-9(15)6-10(16)4-8/h2-4,6H,5H2,1H3. The number of carbonyl (C=O) groups is 1. The van der Waals surface area contributed by atoms with Gasteiger partial charge in [0.05, 0.1) is 8.66 Å². The Morgan fingerprint density at radius 3 is 2.33 bits per heavy atom. The molecule has 0 saturated carbocycles. The van der Waals surface area contributed by atoms with Crippen molar-refractivity contribution in [2.45, 2.75) is 13.3 Å². The monoisotopic (exact) mass is 330 g/mol. The fourth-order valence-corrected chi connectivity index (χ4v) is 3.06. The Kier molecular flexibility index (Phi) is 3.92. The maximum absolute atomic E-state index is 13.0. The van der Waals surface area contributed by atoms with Gasteiger partial charge >= 0.3 is 0 Å². The maximum atomic E-state index is 13.0. The van der Waals surface area contributed by atoms with E-state index in [4.69, 9.17) is 0 Å². The predicted molar refractivity (Wildman–Crippen MR) is 71.1 cm³/mol. The zero-order valence-electron chi connectivity index (χ0n) is 9.47. The van der Waals surface area contributed by atoms with E-state index in [1.165, 1.54) is 23.5 Å². The minimum absolute atomic E-state index is 0.00106. The third kappa shape index (κ3) is 3.03. The summed E-state index contributed by atoms with van der Waals surface area (Å²) in [6.45, 7) is 1.89. The summed E-state index contributed by atoms with van der Waals surface area (Å²) in [5.41, 5.74) is 1.33. The summed E-state index contributed by atoms with van der Waals surface area (Å²) >= 11 is 4.67. The van der Waals surface area contributed by atoms with Gasteiger partial charge in [-0.3, -0.25) is 4.79 Å². The van der Waals surface area contributed by atoms with E-state index in [9.17, 15) is 13.6 Å². The molecule has 0 spiro atoms. The van der Waals surface area contributed by atoms with E-state index in [1.54, 1.807) is 6.07 Å². The van der Waals surface area contributed by atoms with Crippen LogP contribution in [0.3, 0.4) is 0 Å². The third-order valence-electron chi connectivity index (χ3n) is 2.42. The Labute approximate surface area is 116 Å². The number of rotatable bonds is 3. The van der Waals surface area contributed by atoms with Gasteiger partial charge in [-0.15, -0.1) is 11.3 Å². The van der Waals surface area contributed by atoms with Crippen LogP contribution in [-0.4, -0.2) is 5.78 Å². The number of hydrogen-bond acceptors (Lipinski definition) is 2. The maximum Gasteiger partial charge on any atom is 0.177 e. The third-order valence-corrected chi connectivity index (χ3v) is 4.60. The summed E-state index contributed by atoms with van der Waals surface area (Å²) in [7, 11) is 0. The number of carbonyl (C=O) groups excluding carboxylic acids is 1. The molecule has 1 nitrogen and oxygen atoms in total. The van der Waals surface area contributed by atoms with Gasteiger partial charge in [0.1, 0.15) is 11.6 Å². The molecule has 0 saturated heterocycles. The lowest BCUT2D eigenvalue weighted by molar-refractivity contribution is 0.0996. The number of hydrogen-bond donors (Lipinski definition) is 0. The highest BCUT2D eigenvalue weighted by molar-refractivity contribution is 9.11. The number of halogens is 3. The van der Waals surface area contributed by atoms with Crippen LogP contribution in [-0.2, 0) is 6.42 Å². The zero-order chi connectivity index (χ0) is 13.3. The highest BCUT2D eigenvalue weighted by Crippen LogP contribution is 2.28. The summed E-state index contributed by atoms with van der Waals surface area (Å²) in [6, 6.07) is 4.92. The fourth-order valence-electron chi connectivity index (χ4n) is 1.58. The van der Waals surface area contributed by atoms with Crippen LogP contribution in [0.15, 0.2) is 28.1 Å². The molecule has 18 heavy (non-hydrogen) atoms. The molecule has 5 heteroatoms. The summed E-state index contributed by atoms with van der Waals surface area (Å²) in [4.78, 5) is 12.5. The van der Waals surface area contributed by atoms with E-state index in [0.29, 0.717) is 10.4 Å². The quantitative estimate of drug-likeness (QED) is 0.756. The number of thiophene rings is 1. The second-order valence-electron chi connectivity index (χ2n) is 3.95. The highest BCUT2D eigenvalue weighted by atomic mass is 79.9. The Bertz CT molecular complexity index is 567. The molecule has 0 aliphatic carbocycles. The van der Waals surface area contributed by atoms with E-state index in [2.05, 4.69) is 15.9 Å². The molecule has 0 amide bonds. The lowest BCUT2D eigenvalue weighted by Gasteiger charge is -2.00. The first kappa shape index (κ1) is 13.4. The fraction of sp³-hybridized carbons (Fsp3) is 0.154. The van der Waals surface area contributed by atoms with Gasteiger partial charge in [0.2, 0.25) is 0 Å². The molecule has 2 rings (SSSR count). The van der Waals surface area contributed by atoms with Crippen molar-refractivity contribution in [3.63, 3.8) is 0 Å². The van der Waals surface area contributed by atoms with Gasteiger partial charge in [0.25, 0.3) is 0 Å². The van der Waals surface area contributed by atoms with Crippen LogP contribution in [0.4, 0.5) is 8.78 Å². The van der Waals surface area contributed by atoms with E-state index < -0.39 is 11.6 Å². The Morgan fingerprint density at radius 2 is 1.83 bits per heavy atom. The molecular formula is C13H9BrF2OS. The van der Waals surface area contributed by atoms with Gasteiger partial charge < -0.3 is 0 Å². The molecule has 0 bridgehead atoms. The summed E-state index contributed by atoms with van der Waals surface area (Å²) in [6.07, 6.45) is 0.00106. The topological polar surface area (TPSA) is 17.1 Å². The van der Waals surface area contributed by atoms with E-state index in [0.717, 1.165) is 15.4 Å². The van der Waals surface area contributed by atoms with Crippen molar-refractivity contribution in [3.8, 4) is 0 Å². The van der Waals surface area contributed by atoms with Crippen molar-refractivity contribution in [3.05, 3.63) is 55.7 Å². The van der Waals surface area contributed by atoms with Crippen LogP contribution in [0.25, 0.3) is 0 Å². The lowest BCUT2D eigenvalue weighted by atomic mass is 10.1. The van der Waals surface area contributed by atoms with Crippen LogP contribution in [0.1, 0.15) is 20.8 Å². The number of benzene rings is 1. The SMILES string of the molecule is Cc1cc(C(=O)Cc2cc(F)cc(F)c2)sc1Br. The van der Waals surface area contributed by atoms with Crippen molar-refractivity contribution in [1.29, 1.82) is 0 Å². The Morgan fingerprint density at radius 1 is 1.22 bits per heavy atom. The zero-order valence-corrected chi connectivity index (χ0v) is 11.9. The van der Waals surface area contributed by atoms with Crippen molar-refractivity contribution >= 4 is 33.0 Å². The van der Waals surface area contributed by atoms with Gasteiger partial charge in [0.15, 0.2) is 5.78 Å². The van der Waals surface area contributed by atoms with Crippen LogP contribution in [0, 0.1) is 18.6 Å². The van der Waals surface area contributed by atoms with E-state index in [1.807, 2.05) is 6.92 Å². The largest absolute Gasteiger partial charge is 0.293 e. The van der Waals surface area contributed by atoms with Crippen molar-refractivity contribution < 1.29 is 13.6 Å². The van der Waals surface area contributed by atoms with E-state index in [-0.39, 0.29) is 12.2 Å². The molecule has 0 aliphatic heterocycles. The van der Waals surface area contributed by atoms with Crippen molar-refractivity contribution in [1.82, 2.24) is 0 Å². The van der Waals surface area contributed by atoms with Gasteiger partial charge in [-0.25, -0.2) is 8.78 Å². The van der Waals surface area contributed by atoms with Crippen LogP contribution < -0.4 is 0 Å². The van der Waals surface area contributed by atoms with Crippen LogP contribution in [0.2, 0.25) is 0 Å². The first-order valence-corrected chi connectivity index (χ1v) is 6.81. The molecule has 0 unspecified atom stereocenters. The van der Waals surface area contributed by atoms with Gasteiger partial charge in [-0.1, -0.05) is 0 Å². The molecule has 0 atom stereocenters. The number of aryl methyl sites for hydroxylation is 1. The van der Waals surface area contributed by atoms with E-state index >= 15 is 0 Å². The second kappa shape index (κ2) is 5.28. The average molecular weight is 331 g/mol. The first-order chi connectivity index (χ1) is 8.45. The van der Waals surface area contributed by atoms with Gasteiger partial charge in [0, 0.05) is 12.5 Å². The summed E-state index contributed by atoms with van der Waals surface area (Å²) in [5.74, 6) is -1.47. The molecule has 0 N–H and O–H groups in total. The molecular weight excluding hydrogens is 322 g/mol. The minimum Gasteiger partial charge on any atom is -0.293 e. The second-order valence-corrected chi connectivity index (χ2v) is 6.32. The van der Waals surface area contributed by atoms with Crippen LogP contribution >= 0.6 is 27.3 Å². The molecule has 0 fully saturated rings. The molecule has 1 aromatic heterocycles. The van der Waals surface area contributed by atoms with Gasteiger partial charge in [-0.05, 0) is 52.2 Å². The van der Waals surface area contributed by atoms with Crippen molar-refractivity contribution in [2.75, 3.05) is 0 Å². The minimum atomic E-state index is -0.665. The number of Topliss-reactive ketones (excluding diaryl/α,β-unsaturated/α-hetero) is 1. The molecule has 2 aromatic rings. The van der Waals surface area contributed by atoms with Crippen LogP contribution in [0.5, 0.6) is 0 Å². The smallest absolute Gasteiger partial charge is 0.177 e. The average Bonchev–Trinajstić information content (AvgIpc) is 2.57. The highest BCUT2D eigenvalue weighted by Gasteiger charge is 2.13. The Hall–Kier alpha value is -1.07. The van der Waals surface area contributed by atoms with Crippen molar-refractivity contribution in [2.24, 2.45) is 0 Å². The van der Waals surface area contributed by atoms with Gasteiger partial charge in [-0.2, -0.15) is 0 Å². The first-order valence-electron chi connectivity index (χ1n) is 5.20. The summed E-state index contributed by atoms with van der Waals surface area (Å²) < 4.78 is 26.9. The molecule has 1 heterocycles. The number of ketones is 1. The molecule has 0 aliphatic rings. The predicted octanol–water partition coefficient (Wildman–Crippen LogP) is 4.52. The molecule has 0 radical (unpaired) electrons.